The number of aryl methyl sites for hydroxylation is 1. The third-order valence-corrected chi connectivity index (χ3v) is 3.78. The first-order valence-corrected chi connectivity index (χ1v) is 8.27. The summed E-state index contributed by atoms with van der Waals surface area (Å²) in [5.41, 5.74) is 3.01. The Balaban J connectivity index is 2.03. The van der Waals surface area contributed by atoms with Crippen LogP contribution in [0.2, 0.25) is 0 Å². The molecule has 0 heterocycles. The minimum absolute atomic E-state index is 0.0175. The fourth-order valence-corrected chi connectivity index (χ4v) is 2.34. The van der Waals surface area contributed by atoms with Gasteiger partial charge in [0.05, 0.1) is 11.3 Å². The maximum atomic E-state index is 12.2. The second kappa shape index (κ2) is 8.33. The van der Waals surface area contributed by atoms with Crippen LogP contribution in [0.1, 0.15) is 35.3 Å². The number of anilines is 1. The fraction of sp³-hybridized carbons (Fsp3) is 0.300. The summed E-state index contributed by atoms with van der Waals surface area (Å²) in [4.78, 5) is 24.4. The summed E-state index contributed by atoms with van der Waals surface area (Å²) in [6, 6.07) is 12.6. The van der Waals surface area contributed by atoms with Crippen LogP contribution < -0.4 is 15.4 Å². The molecule has 0 aliphatic carbocycles. The molecular weight excluding hydrogens is 316 g/mol. The van der Waals surface area contributed by atoms with Gasteiger partial charge in [-0.2, -0.15) is 0 Å². The molecule has 5 nitrogen and oxygen atoms in total. The summed E-state index contributed by atoms with van der Waals surface area (Å²) < 4.78 is 5.60. The van der Waals surface area contributed by atoms with Gasteiger partial charge in [0, 0.05) is 6.04 Å². The van der Waals surface area contributed by atoms with E-state index in [0.29, 0.717) is 17.0 Å². The molecule has 0 spiro atoms. The molecule has 0 saturated carbocycles. The molecule has 0 aliphatic rings. The van der Waals surface area contributed by atoms with Crippen molar-refractivity contribution in [2.45, 2.75) is 33.7 Å². The second-order valence-corrected chi connectivity index (χ2v) is 6.21. The van der Waals surface area contributed by atoms with Crippen LogP contribution in [0.25, 0.3) is 0 Å². The van der Waals surface area contributed by atoms with E-state index in [0.717, 1.165) is 11.1 Å². The van der Waals surface area contributed by atoms with Crippen molar-refractivity contribution in [1.82, 2.24) is 5.32 Å². The number of nitrogens with one attached hydrogen (secondary N) is 2. The normalized spacial score (nSPS) is 10.4. The number of amides is 2. The monoisotopic (exact) mass is 340 g/mol. The zero-order valence-electron chi connectivity index (χ0n) is 15.1. The van der Waals surface area contributed by atoms with E-state index in [9.17, 15) is 9.59 Å². The molecule has 0 fully saturated rings. The molecule has 0 aliphatic heterocycles. The average Bonchev–Trinajstić information content (AvgIpc) is 2.56. The molecule has 5 heteroatoms. The van der Waals surface area contributed by atoms with Crippen LogP contribution in [-0.2, 0) is 4.79 Å². The van der Waals surface area contributed by atoms with Crippen LogP contribution in [-0.4, -0.2) is 24.5 Å². The maximum absolute atomic E-state index is 12.2. The highest BCUT2D eigenvalue weighted by Gasteiger charge is 2.14. The summed E-state index contributed by atoms with van der Waals surface area (Å²) in [6.07, 6.45) is 0. The molecule has 25 heavy (non-hydrogen) atoms. The SMILES string of the molecule is Cc1cccc(OCC(=O)Nc2ccccc2C(=O)NC(C)C)c1C. The van der Waals surface area contributed by atoms with Crippen LogP contribution in [0.15, 0.2) is 42.5 Å². The van der Waals surface area contributed by atoms with Gasteiger partial charge in [0.15, 0.2) is 6.61 Å². The van der Waals surface area contributed by atoms with Crippen molar-refractivity contribution < 1.29 is 14.3 Å². The third kappa shape index (κ3) is 5.08. The van der Waals surface area contributed by atoms with Gasteiger partial charge in [-0.1, -0.05) is 24.3 Å². The number of hydrogen-bond donors (Lipinski definition) is 2. The van der Waals surface area contributed by atoms with Gasteiger partial charge in [0.2, 0.25) is 0 Å². The summed E-state index contributed by atoms with van der Waals surface area (Å²) in [6.45, 7) is 7.60. The highest BCUT2D eigenvalue weighted by Crippen LogP contribution is 2.21. The maximum Gasteiger partial charge on any atom is 0.262 e. The van der Waals surface area contributed by atoms with E-state index >= 15 is 0 Å². The van der Waals surface area contributed by atoms with Gasteiger partial charge in [-0.25, -0.2) is 0 Å². The van der Waals surface area contributed by atoms with E-state index < -0.39 is 0 Å². The molecule has 2 aromatic rings. The van der Waals surface area contributed by atoms with Crippen molar-refractivity contribution in [1.29, 1.82) is 0 Å². The van der Waals surface area contributed by atoms with Crippen molar-refractivity contribution in [2.75, 3.05) is 11.9 Å². The number of carbonyl (C=O) groups excluding carboxylic acids is 2. The van der Waals surface area contributed by atoms with Crippen LogP contribution in [0.4, 0.5) is 5.69 Å². The molecule has 2 rings (SSSR count). The molecule has 0 saturated heterocycles. The molecule has 2 N–H and O–H groups in total. The lowest BCUT2D eigenvalue weighted by Crippen LogP contribution is -2.31. The number of para-hydroxylation sites is 1. The van der Waals surface area contributed by atoms with Gasteiger partial charge in [-0.15, -0.1) is 0 Å². The van der Waals surface area contributed by atoms with Gasteiger partial charge in [0.1, 0.15) is 5.75 Å². The van der Waals surface area contributed by atoms with E-state index in [4.69, 9.17) is 4.74 Å². The lowest BCUT2D eigenvalue weighted by molar-refractivity contribution is -0.118. The van der Waals surface area contributed by atoms with Gasteiger partial charge in [-0.3, -0.25) is 9.59 Å². The zero-order valence-corrected chi connectivity index (χ0v) is 15.1. The molecule has 0 aromatic heterocycles. The molecule has 2 aromatic carbocycles. The van der Waals surface area contributed by atoms with Gasteiger partial charge in [-0.05, 0) is 57.0 Å². The standard InChI is InChI=1S/C20H24N2O3/c1-13(2)21-20(24)16-9-5-6-10-17(16)22-19(23)12-25-18-11-7-8-14(3)15(18)4/h5-11,13H,12H2,1-4H3,(H,21,24)(H,22,23). The topological polar surface area (TPSA) is 67.4 Å². The van der Waals surface area contributed by atoms with Gasteiger partial charge in [0.25, 0.3) is 11.8 Å². The number of rotatable bonds is 6. The lowest BCUT2D eigenvalue weighted by Gasteiger charge is -2.14. The van der Waals surface area contributed by atoms with Gasteiger partial charge < -0.3 is 15.4 Å². The summed E-state index contributed by atoms with van der Waals surface area (Å²) in [5, 5.41) is 5.57. The smallest absolute Gasteiger partial charge is 0.262 e. The number of carbonyl (C=O) groups is 2. The Labute approximate surface area is 148 Å². The van der Waals surface area contributed by atoms with E-state index in [-0.39, 0.29) is 24.5 Å². The van der Waals surface area contributed by atoms with Crippen LogP contribution >= 0.6 is 0 Å². The molecule has 0 bridgehead atoms. The third-order valence-electron chi connectivity index (χ3n) is 3.78. The van der Waals surface area contributed by atoms with Crippen LogP contribution in [0.5, 0.6) is 5.75 Å². The van der Waals surface area contributed by atoms with Gasteiger partial charge >= 0.3 is 0 Å². The quantitative estimate of drug-likeness (QED) is 0.846. The Morgan fingerprint density at radius 3 is 2.48 bits per heavy atom. The Bertz CT molecular complexity index is 769. The molecule has 0 radical (unpaired) electrons. The molecule has 0 unspecified atom stereocenters. The van der Waals surface area contributed by atoms with Crippen molar-refractivity contribution in [3.05, 3.63) is 59.2 Å². The van der Waals surface area contributed by atoms with Crippen LogP contribution in [0, 0.1) is 13.8 Å². The Morgan fingerprint density at radius 2 is 1.76 bits per heavy atom. The largest absolute Gasteiger partial charge is 0.483 e. The fourth-order valence-electron chi connectivity index (χ4n) is 2.34. The van der Waals surface area contributed by atoms with Crippen molar-refractivity contribution in [3.8, 4) is 5.75 Å². The second-order valence-electron chi connectivity index (χ2n) is 6.21. The minimum atomic E-state index is -0.314. The molecular formula is C20H24N2O3. The summed E-state index contributed by atoms with van der Waals surface area (Å²) >= 11 is 0. The highest BCUT2D eigenvalue weighted by atomic mass is 16.5. The van der Waals surface area contributed by atoms with Crippen molar-refractivity contribution in [2.24, 2.45) is 0 Å². The Hall–Kier alpha value is -2.82. The average molecular weight is 340 g/mol. The first-order chi connectivity index (χ1) is 11.9. The van der Waals surface area contributed by atoms with Crippen LogP contribution in [0.3, 0.4) is 0 Å². The van der Waals surface area contributed by atoms with Crippen molar-refractivity contribution in [3.63, 3.8) is 0 Å². The highest BCUT2D eigenvalue weighted by molar-refractivity contribution is 6.04. The van der Waals surface area contributed by atoms with E-state index in [1.54, 1.807) is 24.3 Å². The summed E-state index contributed by atoms with van der Waals surface area (Å²) in [7, 11) is 0. The first kappa shape index (κ1) is 18.5. The predicted molar refractivity (Wildman–Crippen MR) is 99.1 cm³/mol. The number of hydrogen-bond acceptors (Lipinski definition) is 3. The number of ether oxygens (including phenoxy) is 1. The summed E-state index contributed by atoms with van der Waals surface area (Å²) in [5.74, 6) is 0.146. The first-order valence-electron chi connectivity index (χ1n) is 8.27. The zero-order chi connectivity index (χ0) is 18.4. The molecule has 0 atom stereocenters. The van der Waals surface area contributed by atoms with Crippen molar-refractivity contribution >= 4 is 17.5 Å². The van der Waals surface area contributed by atoms with E-state index in [1.807, 2.05) is 45.9 Å². The Kier molecular flexibility index (Phi) is 6.17. The molecule has 2 amide bonds. The van der Waals surface area contributed by atoms with E-state index in [2.05, 4.69) is 10.6 Å². The minimum Gasteiger partial charge on any atom is -0.483 e. The van der Waals surface area contributed by atoms with E-state index in [1.165, 1.54) is 0 Å². The molecule has 132 valence electrons. The number of benzene rings is 2. The lowest BCUT2D eigenvalue weighted by atomic mass is 10.1. The predicted octanol–water partition coefficient (Wildman–Crippen LogP) is 3.46. The Morgan fingerprint density at radius 1 is 1.04 bits per heavy atom.